The molecule has 0 aliphatic carbocycles. The van der Waals surface area contributed by atoms with Gasteiger partial charge in [0, 0.05) is 5.56 Å². The number of rotatable bonds is 8. The van der Waals surface area contributed by atoms with Crippen LogP contribution in [0, 0.1) is 6.92 Å². The summed E-state index contributed by atoms with van der Waals surface area (Å²) in [6, 6.07) is 6.66. The Morgan fingerprint density at radius 1 is 1.00 bits per heavy atom. The van der Waals surface area contributed by atoms with Crippen LogP contribution in [0.5, 0.6) is 5.75 Å². The second-order valence-corrected chi connectivity index (χ2v) is 7.37. The second kappa shape index (κ2) is 10.1. The van der Waals surface area contributed by atoms with Crippen LogP contribution in [0.25, 0.3) is 0 Å². The van der Waals surface area contributed by atoms with Gasteiger partial charge in [0.15, 0.2) is 0 Å². The van der Waals surface area contributed by atoms with Crippen molar-refractivity contribution in [3.05, 3.63) is 45.8 Å². The fourth-order valence-electron chi connectivity index (χ4n) is 2.57. The molecule has 0 fully saturated rings. The van der Waals surface area contributed by atoms with Gasteiger partial charge < -0.3 is 19.5 Å². The predicted octanol–water partition coefficient (Wildman–Crippen LogP) is 4.45. The van der Waals surface area contributed by atoms with Crippen molar-refractivity contribution in [1.29, 1.82) is 0 Å². The predicted molar refractivity (Wildman–Crippen MR) is 111 cm³/mol. The fourth-order valence-corrected chi connectivity index (χ4v) is 3.66. The molecule has 0 spiro atoms. The summed E-state index contributed by atoms with van der Waals surface area (Å²) in [6.45, 7) is 9.22. The standard InChI is InChI=1S/C21H25NO6S/c1-6-26-20(24)16-13(5)17(21(25)27-7-2)29-19(16)22-18(23)14-8-10-15(11-9-14)28-12(3)4/h8-12H,6-7H2,1-5H3,(H,22,23). The van der Waals surface area contributed by atoms with Crippen molar-refractivity contribution in [3.63, 3.8) is 0 Å². The van der Waals surface area contributed by atoms with Gasteiger partial charge in [-0.1, -0.05) is 0 Å². The Balaban J connectivity index is 2.32. The molecule has 2 rings (SSSR count). The Morgan fingerprint density at radius 3 is 2.14 bits per heavy atom. The van der Waals surface area contributed by atoms with Crippen LogP contribution in [0.4, 0.5) is 5.00 Å². The van der Waals surface area contributed by atoms with Crippen molar-refractivity contribution in [2.75, 3.05) is 18.5 Å². The monoisotopic (exact) mass is 419 g/mol. The average molecular weight is 419 g/mol. The summed E-state index contributed by atoms with van der Waals surface area (Å²) in [5, 5.41) is 2.96. The lowest BCUT2D eigenvalue weighted by atomic mass is 10.1. The van der Waals surface area contributed by atoms with Gasteiger partial charge in [-0.25, -0.2) is 9.59 Å². The van der Waals surface area contributed by atoms with E-state index in [0.717, 1.165) is 11.3 Å². The highest BCUT2D eigenvalue weighted by Gasteiger charge is 2.27. The Bertz CT molecular complexity index is 885. The van der Waals surface area contributed by atoms with Gasteiger partial charge in [-0.05, 0) is 64.4 Å². The van der Waals surface area contributed by atoms with Crippen molar-refractivity contribution < 1.29 is 28.6 Å². The van der Waals surface area contributed by atoms with Crippen LogP contribution < -0.4 is 10.1 Å². The topological polar surface area (TPSA) is 90.9 Å². The first-order valence-electron chi connectivity index (χ1n) is 9.34. The van der Waals surface area contributed by atoms with E-state index in [-0.39, 0.29) is 34.8 Å². The molecule has 0 aliphatic rings. The van der Waals surface area contributed by atoms with Crippen molar-refractivity contribution in [3.8, 4) is 5.75 Å². The van der Waals surface area contributed by atoms with Gasteiger partial charge >= 0.3 is 11.9 Å². The summed E-state index contributed by atoms with van der Waals surface area (Å²) >= 11 is 0.991. The number of hydrogen-bond donors (Lipinski definition) is 1. The molecular formula is C21H25NO6S. The number of anilines is 1. The molecule has 1 aromatic carbocycles. The number of carbonyl (C=O) groups excluding carboxylic acids is 3. The largest absolute Gasteiger partial charge is 0.491 e. The number of carbonyl (C=O) groups is 3. The Hall–Kier alpha value is -2.87. The number of amides is 1. The summed E-state index contributed by atoms with van der Waals surface area (Å²) in [5.41, 5.74) is 0.968. The third-order valence-electron chi connectivity index (χ3n) is 3.80. The highest BCUT2D eigenvalue weighted by molar-refractivity contribution is 7.18. The summed E-state index contributed by atoms with van der Waals surface area (Å²) in [5.74, 6) is -0.910. The first-order valence-corrected chi connectivity index (χ1v) is 10.2. The van der Waals surface area contributed by atoms with Crippen LogP contribution in [-0.2, 0) is 9.47 Å². The molecule has 8 heteroatoms. The molecule has 1 heterocycles. The van der Waals surface area contributed by atoms with Gasteiger partial charge in [-0.2, -0.15) is 0 Å². The Labute approximate surface area is 174 Å². The zero-order chi connectivity index (χ0) is 21.6. The van der Waals surface area contributed by atoms with E-state index >= 15 is 0 Å². The van der Waals surface area contributed by atoms with Crippen LogP contribution in [0.1, 0.15) is 63.6 Å². The molecule has 0 unspecified atom stereocenters. The minimum atomic E-state index is -0.604. The van der Waals surface area contributed by atoms with Crippen molar-refractivity contribution in [1.82, 2.24) is 0 Å². The number of hydrogen-bond acceptors (Lipinski definition) is 7. The van der Waals surface area contributed by atoms with E-state index in [0.29, 0.717) is 16.9 Å². The van der Waals surface area contributed by atoms with Gasteiger partial charge in [0.1, 0.15) is 15.6 Å². The Morgan fingerprint density at radius 2 is 1.59 bits per heavy atom. The summed E-state index contributed by atoms with van der Waals surface area (Å²) in [7, 11) is 0. The highest BCUT2D eigenvalue weighted by atomic mass is 32.1. The maximum Gasteiger partial charge on any atom is 0.348 e. The minimum absolute atomic E-state index is 0.0252. The van der Waals surface area contributed by atoms with Gasteiger partial charge in [0.05, 0.1) is 24.9 Å². The molecule has 0 saturated heterocycles. The van der Waals surface area contributed by atoms with Crippen LogP contribution in [0.3, 0.4) is 0 Å². The molecular weight excluding hydrogens is 394 g/mol. The molecule has 0 bridgehead atoms. The maximum atomic E-state index is 12.7. The molecule has 7 nitrogen and oxygen atoms in total. The first kappa shape index (κ1) is 22.4. The van der Waals surface area contributed by atoms with Crippen molar-refractivity contribution >= 4 is 34.2 Å². The quantitative estimate of drug-likeness (QED) is 0.636. The van der Waals surface area contributed by atoms with E-state index in [9.17, 15) is 14.4 Å². The lowest BCUT2D eigenvalue weighted by Gasteiger charge is -2.10. The van der Waals surface area contributed by atoms with Crippen LogP contribution >= 0.6 is 11.3 Å². The van der Waals surface area contributed by atoms with Crippen LogP contribution in [-0.4, -0.2) is 37.2 Å². The molecule has 0 saturated carbocycles. The van der Waals surface area contributed by atoms with E-state index < -0.39 is 17.8 Å². The van der Waals surface area contributed by atoms with E-state index in [1.54, 1.807) is 45.0 Å². The number of benzene rings is 1. The fraction of sp³-hybridized carbons (Fsp3) is 0.381. The average Bonchev–Trinajstić information content (AvgIpc) is 2.98. The summed E-state index contributed by atoms with van der Waals surface area (Å²) in [4.78, 5) is 37.6. The smallest absolute Gasteiger partial charge is 0.348 e. The molecule has 0 radical (unpaired) electrons. The van der Waals surface area contributed by atoms with E-state index in [1.165, 1.54) is 0 Å². The van der Waals surface area contributed by atoms with Crippen LogP contribution in [0.15, 0.2) is 24.3 Å². The molecule has 1 amide bonds. The van der Waals surface area contributed by atoms with Crippen LogP contribution in [0.2, 0.25) is 0 Å². The second-order valence-electron chi connectivity index (χ2n) is 6.35. The molecule has 1 aromatic heterocycles. The van der Waals surface area contributed by atoms with E-state index in [2.05, 4.69) is 5.32 Å². The molecule has 156 valence electrons. The van der Waals surface area contributed by atoms with Gasteiger partial charge in [-0.15, -0.1) is 11.3 Å². The lowest BCUT2D eigenvalue weighted by Crippen LogP contribution is -2.15. The highest BCUT2D eigenvalue weighted by Crippen LogP contribution is 2.34. The molecule has 0 atom stereocenters. The van der Waals surface area contributed by atoms with Gasteiger partial charge in [0.25, 0.3) is 5.91 Å². The molecule has 0 aliphatic heterocycles. The van der Waals surface area contributed by atoms with E-state index in [4.69, 9.17) is 14.2 Å². The van der Waals surface area contributed by atoms with Gasteiger partial charge in [0.2, 0.25) is 0 Å². The van der Waals surface area contributed by atoms with Crippen molar-refractivity contribution in [2.24, 2.45) is 0 Å². The minimum Gasteiger partial charge on any atom is -0.491 e. The molecule has 2 aromatic rings. The lowest BCUT2D eigenvalue weighted by molar-refractivity contribution is 0.0527. The zero-order valence-electron chi connectivity index (χ0n) is 17.2. The zero-order valence-corrected chi connectivity index (χ0v) is 18.0. The number of thiophene rings is 1. The number of nitrogens with one attached hydrogen (secondary N) is 1. The SMILES string of the molecule is CCOC(=O)c1sc(NC(=O)c2ccc(OC(C)C)cc2)c(C(=O)OCC)c1C. The van der Waals surface area contributed by atoms with Crippen molar-refractivity contribution in [2.45, 2.75) is 40.7 Å². The van der Waals surface area contributed by atoms with E-state index in [1.807, 2.05) is 13.8 Å². The maximum absolute atomic E-state index is 12.7. The Kier molecular flexibility index (Phi) is 7.78. The number of ether oxygens (including phenoxy) is 3. The first-order chi connectivity index (χ1) is 13.8. The summed E-state index contributed by atoms with van der Waals surface area (Å²) in [6.07, 6.45) is 0.0252. The third-order valence-corrected chi connectivity index (χ3v) is 4.99. The normalized spacial score (nSPS) is 10.6. The number of esters is 2. The summed E-state index contributed by atoms with van der Waals surface area (Å²) < 4.78 is 15.7. The third kappa shape index (κ3) is 5.57. The van der Waals surface area contributed by atoms with Gasteiger partial charge in [-0.3, -0.25) is 4.79 Å². The molecule has 1 N–H and O–H groups in total. The molecule has 29 heavy (non-hydrogen) atoms.